The summed E-state index contributed by atoms with van der Waals surface area (Å²) < 4.78 is 0. The Hall–Kier alpha value is -2.15. The Morgan fingerprint density at radius 3 is 2.35 bits per heavy atom. The summed E-state index contributed by atoms with van der Waals surface area (Å²) in [6, 6.07) is 11.0. The SMILES string of the molecule is C=C(c1ccc(C(C)C)cc1N=CC)c1cc(C)cc(C)c1C. The first-order chi connectivity index (χ1) is 10.8. The van der Waals surface area contributed by atoms with E-state index in [2.05, 4.69) is 76.5 Å². The van der Waals surface area contributed by atoms with Gasteiger partial charge in [0.1, 0.15) is 0 Å². The predicted octanol–water partition coefficient (Wildman–Crippen LogP) is 6.52. The summed E-state index contributed by atoms with van der Waals surface area (Å²) in [7, 11) is 0. The van der Waals surface area contributed by atoms with Gasteiger partial charge < -0.3 is 0 Å². The zero-order chi connectivity index (χ0) is 17.1. The molecule has 0 fully saturated rings. The average Bonchev–Trinajstić information content (AvgIpc) is 2.50. The standard InChI is InChI=1S/C22H27N/c1-8-23-22-13-19(14(2)3)9-10-20(22)18(7)21-12-15(4)11-16(5)17(21)6/h8-14H,7H2,1-6H3. The quantitative estimate of drug-likeness (QED) is 0.570. The van der Waals surface area contributed by atoms with Gasteiger partial charge in [0, 0.05) is 11.8 Å². The highest BCUT2D eigenvalue weighted by Crippen LogP contribution is 2.35. The second-order valence-corrected chi connectivity index (χ2v) is 6.55. The molecule has 0 radical (unpaired) electrons. The smallest absolute Gasteiger partial charge is 0.0706 e. The van der Waals surface area contributed by atoms with E-state index in [1.807, 2.05) is 13.1 Å². The first-order valence-corrected chi connectivity index (χ1v) is 8.25. The maximum absolute atomic E-state index is 4.58. The fraction of sp³-hybridized carbons (Fsp3) is 0.318. The molecule has 0 unspecified atom stereocenters. The Kier molecular flexibility index (Phi) is 5.20. The zero-order valence-electron chi connectivity index (χ0n) is 15.2. The molecule has 0 saturated carbocycles. The highest BCUT2D eigenvalue weighted by Gasteiger charge is 2.13. The Labute approximate surface area is 140 Å². The van der Waals surface area contributed by atoms with Crippen molar-refractivity contribution in [3.8, 4) is 0 Å². The van der Waals surface area contributed by atoms with E-state index in [0.29, 0.717) is 5.92 Å². The van der Waals surface area contributed by atoms with Crippen LogP contribution in [0.25, 0.3) is 5.57 Å². The second-order valence-electron chi connectivity index (χ2n) is 6.55. The minimum atomic E-state index is 0.492. The van der Waals surface area contributed by atoms with Crippen LogP contribution in [0.15, 0.2) is 41.9 Å². The molecule has 0 heterocycles. The van der Waals surface area contributed by atoms with Crippen molar-refractivity contribution in [2.75, 3.05) is 0 Å². The molecule has 0 aliphatic heterocycles. The van der Waals surface area contributed by atoms with Crippen LogP contribution in [0.3, 0.4) is 0 Å². The third-order valence-electron chi connectivity index (χ3n) is 4.42. The molecule has 0 aliphatic carbocycles. The summed E-state index contributed by atoms with van der Waals surface area (Å²) in [6.07, 6.45) is 1.85. The molecule has 0 amide bonds. The van der Waals surface area contributed by atoms with E-state index in [-0.39, 0.29) is 0 Å². The lowest BCUT2D eigenvalue weighted by Crippen LogP contribution is -1.96. The normalized spacial score (nSPS) is 11.4. The monoisotopic (exact) mass is 305 g/mol. The first kappa shape index (κ1) is 17.2. The molecule has 2 rings (SSSR count). The van der Waals surface area contributed by atoms with Crippen molar-refractivity contribution in [2.24, 2.45) is 4.99 Å². The summed E-state index contributed by atoms with van der Waals surface area (Å²) >= 11 is 0. The fourth-order valence-electron chi connectivity index (χ4n) is 2.91. The average molecular weight is 305 g/mol. The van der Waals surface area contributed by atoms with Crippen LogP contribution >= 0.6 is 0 Å². The van der Waals surface area contributed by atoms with E-state index in [9.17, 15) is 0 Å². The molecular weight excluding hydrogens is 278 g/mol. The van der Waals surface area contributed by atoms with Crippen LogP contribution in [0, 0.1) is 20.8 Å². The van der Waals surface area contributed by atoms with Gasteiger partial charge >= 0.3 is 0 Å². The summed E-state index contributed by atoms with van der Waals surface area (Å²) in [5, 5.41) is 0. The second kappa shape index (κ2) is 6.95. The van der Waals surface area contributed by atoms with Crippen LogP contribution in [0.4, 0.5) is 5.69 Å². The third-order valence-corrected chi connectivity index (χ3v) is 4.42. The van der Waals surface area contributed by atoms with Crippen LogP contribution in [0.2, 0.25) is 0 Å². The van der Waals surface area contributed by atoms with Crippen LogP contribution < -0.4 is 0 Å². The minimum Gasteiger partial charge on any atom is -0.261 e. The fourth-order valence-corrected chi connectivity index (χ4v) is 2.91. The molecule has 0 atom stereocenters. The van der Waals surface area contributed by atoms with Gasteiger partial charge in [-0.25, -0.2) is 0 Å². The first-order valence-electron chi connectivity index (χ1n) is 8.25. The minimum absolute atomic E-state index is 0.492. The molecule has 0 saturated heterocycles. The van der Waals surface area contributed by atoms with Gasteiger partial charge in [0.25, 0.3) is 0 Å². The zero-order valence-corrected chi connectivity index (χ0v) is 15.2. The molecule has 120 valence electrons. The maximum atomic E-state index is 4.58. The summed E-state index contributed by atoms with van der Waals surface area (Å²) in [6.45, 7) is 17.2. The van der Waals surface area contributed by atoms with Crippen LogP contribution in [0.5, 0.6) is 0 Å². The number of hydrogen-bond donors (Lipinski definition) is 0. The van der Waals surface area contributed by atoms with Crippen molar-refractivity contribution in [1.82, 2.24) is 0 Å². The van der Waals surface area contributed by atoms with Crippen LogP contribution in [0.1, 0.15) is 60.1 Å². The van der Waals surface area contributed by atoms with E-state index >= 15 is 0 Å². The van der Waals surface area contributed by atoms with Gasteiger partial charge in [-0.05, 0) is 67.5 Å². The molecular formula is C22H27N. The Morgan fingerprint density at radius 1 is 1.04 bits per heavy atom. The Bertz CT molecular complexity index is 764. The molecule has 0 N–H and O–H groups in total. The van der Waals surface area contributed by atoms with Crippen molar-refractivity contribution in [2.45, 2.75) is 47.5 Å². The van der Waals surface area contributed by atoms with Crippen LogP contribution in [-0.2, 0) is 0 Å². The van der Waals surface area contributed by atoms with Crippen molar-refractivity contribution >= 4 is 17.5 Å². The molecule has 2 aromatic rings. The largest absolute Gasteiger partial charge is 0.261 e. The Morgan fingerprint density at radius 2 is 1.74 bits per heavy atom. The molecule has 0 aliphatic rings. The molecule has 1 nitrogen and oxygen atoms in total. The third kappa shape index (κ3) is 3.61. The molecule has 0 bridgehead atoms. The van der Waals surface area contributed by atoms with E-state index < -0.39 is 0 Å². The molecule has 0 aromatic heterocycles. The van der Waals surface area contributed by atoms with Crippen molar-refractivity contribution in [3.63, 3.8) is 0 Å². The van der Waals surface area contributed by atoms with Crippen molar-refractivity contribution in [3.05, 3.63) is 70.3 Å². The predicted molar refractivity (Wildman–Crippen MR) is 103 cm³/mol. The lowest BCUT2D eigenvalue weighted by Gasteiger charge is -2.16. The van der Waals surface area contributed by atoms with Crippen molar-refractivity contribution < 1.29 is 0 Å². The lowest BCUT2D eigenvalue weighted by atomic mass is 9.89. The number of nitrogens with zero attached hydrogens (tertiary/aromatic N) is 1. The summed E-state index contributed by atoms with van der Waals surface area (Å²) in [5.41, 5.74) is 9.55. The molecule has 23 heavy (non-hydrogen) atoms. The molecule has 0 spiro atoms. The number of benzene rings is 2. The van der Waals surface area contributed by atoms with E-state index in [4.69, 9.17) is 0 Å². The molecule has 2 aromatic carbocycles. The number of hydrogen-bond acceptors (Lipinski definition) is 1. The van der Waals surface area contributed by atoms with Gasteiger partial charge in [0.05, 0.1) is 5.69 Å². The topological polar surface area (TPSA) is 12.4 Å². The maximum Gasteiger partial charge on any atom is 0.0706 e. The van der Waals surface area contributed by atoms with Gasteiger partial charge in [-0.2, -0.15) is 0 Å². The Balaban J connectivity index is 2.60. The lowest BCUT2D eigenvalue weighted by molar-refractivity contribution is 0.866. The van der Waals surface area contributed by atoms with E-state index in [0.717, 1.165) is 16.8 Å². The van der Waals surface area contributed by atoms with Crippen molar-refractivity contribution in [1.29, 1.82) is 0 Å². The highest BCUT2D eigenvalue weighted by molar-refractivity contribution is 5.86. The van der Waals surface area contributed by atoms with Gasteiger partial charge in [0.15, 0.2) is 0 Å². The van der Waals surface area contributed by atoms with Crippen LogP contribution in [-0.4, -0.2) is 6.21 Å². The summed E-state index contributed by atoms with van der Waals surface area (Å²) in [4.78, 5) is 4.58. The van der Waals surface area contributed by atoms with Gasteiger partial charge in [-0.1, -0.05) is 50.3 Å². The van der Waals surface area contributed by atoms with E-state index in [1.165, 1.54) is 27.8 Å². The number of aryl methyl sites for hydroxylation is 2. The highest BCUT2D eigenvalue weighted by atomic mass is 14.7. The molecule has 1 heteroatoms. The van der Waals surface area contributed by atoms with E-state index in [1.54, 1.807) is 0 Å². The number of aliphatic imine (C=N–C) groups is 1. The number of rotatable bonds is 4. The van der Waals surface area contributed by atoms with Gasteiger partial charge in [0.2, 0.25) is 0 Å². The van der Waals surface area contributed by atoms with Gasteiger partial charge in [-0.3, -0.25) is 4.99 Å². The van der Waals surface area contributed by atoms with Gasteiger partial charge in [-0.15, -0.1) is 0 Å². The summed E-state index contributed by atoms with van der Waals surface area (Å²) in [5.74, 6) is 0.492.